The molecule has 0 spiro atoms. The summed E-state index contributed by atoms with van der Waals surface area (Å²) in [6, 6.07) is 9.57. The van der Waals surface area contributed by atoms with Crippen LogP contribution in [0.15, 0.2) is 36.4 Å². The van der Waals surface area contributed by atoms with Crippen LogP contribution < -0.4 is 4.74 Å². The average molecular weight is 414 g/mol. The topological polar surface area (TPSA) is 29.5 Å². The van der Waals surface area contributed by atoms with E-state index in [-0.39, 0.29) is 11.7 Å². The van der Waals surface area contributed by atoms with E-state index in [0.29, 0.717) is 13.1 Å². The zero-order chi connectivity index (χ0) is 18.2. The Hall–Kier alpha value is -2.02. The van der Waals surface area contributed by atoms with Gasteiger partial charge in [-0.3, -0.25) is 4.79 Å². The summed E-state index contributed by atoms with van der Waals surface area (Å²) in [5, 5.41) is 0.718. The van der Waals surface area contributed by atoms with Crippen LogP contribution in [-0.4, -0.2) is 17.2 Å². The second-order valence-corrected chi connectivity index (χ2v) is 6.49. The van der Waals surface area contributed by atoms with Crippen molar-refractivity contribution in [1.29, 1.82) is 0 Å². The molecule has 0 aromatic heterocycles. The quantitative estimate of drug-likeness (QED) is 0.664. The molecule has 0 radical (unpaired) electrons. The van der Waals surface area contributed by atoms with Gasteiger partial charge in [-0.1, -0.05) is 40.2 Å². The normalized spacial score (nSPS) is 14.0. The van der Waals surface area contributed by atoms with Gasteiger partial charge in [-0.25, -0.2) is 0 Å². The van der Waals surface area contributed by atoms with Gasteiger partial charge in [-0.05, 0) is 41.3 Å². The number of nitrogens with zero attached hydrogens (tertiary/aromatic N) is 1. The second-order valence-electron chi connectivity index (χ2n) is 5.93. The smallest absolute Gasteiger partial charge is 0.406 e. The van der Waals surface area contributed by atoms with Crippen molar-refractivity contribution in [3.8, 4) is 5.75 Å². The molecule has 132 valence electrons. The van der Waals surface area contributed by atoms with E-state index < -0.39 is 6.36 Å². The van der Waals surface area contributed by atoms with E-state index in [9.17, 15) is 18.0 Å². The number of hydrogen-bond acceptors (Lipinski definition) is 2. The zero-order valence-electron chi connectivity index (χ0n) is 13.4. The summed E-state index contributed by atoms with van der Waals surface area (Å²) in [5.41, 5.74) is 4.50. The summed E-state index contributed by atoms with van der Waals surface area (Å²) >= 11 is 3.42. The van der Waals surface area contributed by atoms with Crippen molar-refractivity contribution in [3.63, 3.8) is 0 Å². The van der Waals surface area contributed by atoms with E-state index in [2.05, 4.69) is 20.7 Å². The largest absolute Gasteiger partial charge is 0.573 e. The third kappa shape index (κ3) is 3.98. The lowest BCUT2D eigenvalue weighted by molar-refractivity contribution is -0.274. The number of carbonyl (C=O) groups excluding carboxylic acids is 1. The first-order valence-electron chi connectivity index (χ1n) is 7.59. The van der Waals surface area contributed by atoms with E-state index >= 15 is 0 Å². The number of alkyl halides is 4. The molecule has 1 amide bonds. The first-order valence-corrected chi connectivity index (χ1v) is 8.71. The van der Waals surface area contributed by atoms with Crippen molar-refractivity contribution in [2.75, 3.05) is 0 Å². The Morgan fingerprint density at radius 3 is 2.44 bits per heavy atom. The molecule has 0 saturated carbocycles. The van der Waals surface area contributed by atoms with Crippen LogP contribution in [0.1, 0.15) is 32.6 Å². The van der Waals surface area contributed by atoms with Gasteiger partial charge in [0.1, 0.15) is 5.75 Å². The summed E-state index contributed by atoms with van der Waals surface area (Å²) in [7, 11) is 0. The van der Waals surface area contributed by atoms with Crippen LogP contribution in [0, 0.1) is 6.92 Å². The maximum Gasteiger partial charge on any atom is 0.573 e. The predicted molar refractivity (Wildman–Crippen MR) is 90.5 cm³/mol. The highest BCUT2D eigenvalue weighted by molar-refractivity contribution is 9.08. The van der Waals surface area contributed by atoms with Crippen LogP contribution in [0.25, 0.3) is 0 Å². The molecule has 3 rings (SSSR count). The van der Waals surface area contributed by atoms with Crippen LogP contribution in [0.5, 0.6) is 5.75 Å². The van der Waals surface area contributed by atoms with Gasteiger partial charge in [0.15, 0.2) is 0 Å². The first kappa shape index (κ1) is 17.8. The van der Waals surface area contributed by atoms with Crippen LogP contribution in [0.2, 0.25) is 0 Å². The Morgan fingerprint density at radius 1 is 1.16 bits per heavy atom. The Bertz CT molecular complexity index is 803. The fourth-order valence-corrected chi connectivity index (χ4v) is 3.35. The molecule has 0 aliphatic carbocycles. The summed E-state index contributed by atoms with van der Waals surface area (Å²) in [5.74, 6) is -0.325. The molecule has 2 aromatic carbocycles. The molecule has 25 heavy (non-hydrogen) atoms. The fourth-order valence-electron chi connectivity index (χ4n) is 3.03. The van der Waals surface area contributed by atoms with Gasteiger partial charge in [0.2, 0.25) is 0 Å². The predicted octanol–water partition coefficient (Wildman–Crippen LogP) is 4.94. The van der Waals surface area contributed by atoms with Crippen molar-refractivity contribution in [2.24, 2.45) is 0 Å². The van der Waals surface area contributed by atoms with Crippen molar-refractivity contribution in [2.45, 2.75) is 31.7 Å². The number of carbonyl (C=O) groups is 1. The molecular weight excluding hydrogens is 399 g/mol. The number of fused-ring (bicyclic) bond motifs is 1. The molecule has 1 aliphatic rings. The summed E-state index contributed by atoms with van der Waals surface area (Å²) in [6.45, 7) is 2.75. The minimum atomic E-state index is -4.71. The van der Waals surface area contributed by atoms with E-state index in [1.807, 2.05) is 19.1 Å². The monoisotopic (exact) mass is 413 g/mol. The van der Waals surface area contributed by atoms with Gasteiger partial charge in [0.25, 0.3) is 5.91 Å². The van der Waals surface area contributed by atoms with Gasteiger partial charge < -0.3 is 9.64 Å². The third-order valence-corrected chi connectivity index (χ3v) is 4.67. The Balaban J connectivity index is 1.74. The number of aryl methyl sites for hydroxylation is 1. The number of halogens is 4. The standard InChI is InChI=1S/C18H15BrF3NO2/c1-11-6-13(8-19)7-14-10-23(17(24)16(11)14)9-12-2-4-15(5-3-12)25-18(20,21)22/h2-7H,8-10H2,1H3. The lowest BCUT2D eigenvalue weighted by atomic mass is 10.0. The summed E-state index contributed by atoms with van der Waals surface area (Å²) in [6.07, 6.45) is -4.71. The first-order chi connectivity index (χ1) is 11.8. The Morgan fingerprint density at radius 2 is 1.84 bits per heavy atom. The van der Waals surface area contributed by atoms with Gasteiger partial charge in [0, 0.05) is 24.0 Å². The molecule has 0 saturated heterocycles. The molecule has 1 heterocycles. The van der Waals surface area contributed by atoms with E-state index in [1.54, 1.807) is 4.90 Å². The van der Waals surface area contributed by atoms with Gasteiger partial charge in [-0.15, -0.1) is 13.2 Å². The molecule has 7 heteroatoms. The highest BCUT2D eigenvalue weighted by Gasteiger charge is 2.31. The molecule has 3 nitrogen and oxygen atoms in total. The van der Waals surface area contributed by atoms with Crippen LogP contribution in [0.3, 0.4) is 0 Å². The number of benzene rings is 2. The fraction of sp³-hybridized carbons (Fsp3) is 0.278. The van der Waals surface area contributed by atoms with Crippen LogP contribution >= 0.6 is 15.9 Å². The maximum atomic E-state index is 12.6. The lowest BCUT2D eigenvalue weighted by Crippen LogP contribution is -2.23. The Kier molecular flexibility index (Phi) is 4.77. The molecule has 0 atom stereocenters. The van der Waals surface area contributed by atoms with Crippen molar-refractivity contribution in [3.05, 3.63) is 64.2 Å². The number of amides is 1. The minimum Gasteiger partial charge on any atom is -0.406 e. The average Bonchev–Trinajstić information content (AvgIpc) is 2.84. The molecule has 0 N–H and O–H groups in total. The van der Waals surface area contributed by atoms with Gasteiger partial charge in [-0.2, -0.15) is 0 Å². The number of rotatable bonds is 4. The maximum absolute atomic E-state index is 12.6. The lowest BCUT2D eigenvalue weighted by Gasteiger charge is -2.16. The SMILES string of the molecule is Cc1cc(CBr)cc2c1C(=O)N(Cc1ccc(OC(F)(F)F)cc1)C2. The molecule has 2 aromatic rings. The highest BCUT2D eigenvalue weighted by atomic mass is 79.9. The van der Waals surface area contributed by atoms with Crippen LogP contribution in [-0.2, 0) is 18.4 Å². The summed E-state index contributed by atoms with van der Waals surface area (Å²) < 4.78 is 40.4. The van der Waals surface area contributed by atoms with Crippen molar-refractivity contribution in [1.82, 2.24) is 4.90 Å². The van der Waals surface area contributed by atoms with E-state index in [4.69, 9.17) is 0 Å². The van der Waals surface area contributed by atoms with Gasteiger partial charge in [0.05, 0.1) is 0 Å². The minimum absolute atomic E-state index is 0.0516. The third-order valence-electron chi connectivity index (χ3n) is 4.02. The molecule has 1 aliphatic heterocycles. The molecule has 0 bridgehead atoms. The van der Waals surface area contributed by atoms with Crippen LogP contribution in [0.4, 0.5) is 13.2 Å². The van der Waals surface area contributed by atoms with E-state index in [1.165, 1.54) is 24.3 Å². The van der Waals surface area contributed by atoms with Crippen molar-refractivity contribution < 1.29 is 22.7 Å². The molecule has 0 unspecified atom stereocenters. The number of ether oxygens (including phenoxy) is 1. The summed E-state index contributed by atoms with van der Waals surface area (Å²) in [4.78, 5) is 14.3. The molecular formula is C18H15BrF3NO2. The highest BCUT2D eigenvalue weighted by Crippen LogP contribution is 2.30. The number of hydrogen-bond donors (Lipinski definition) is 0. The zero-order valence-corrected chi connectivity index (χ0v) is 14.9. The van der Waals surface area contributed by atoms with E-state index in [0.717, 1.165) is 33.1 Å². The molecule has 0 fully saturated rings. The second kappa shape index (κ2) is 6.71. The van der Waals surface area contributed by atoms with Gasteiger partial charge >= 0.3 is 6.36 Å². The van der Waals surface area contributed by atoms with Crippen molar-refractivity contribution >= 4 is 21.8 Å². The Labute approximate surface area is 151 Å².